The van der Waals surface area contributed by atoms with Crippen molar-refractivity contribution in [2.24, 2.45) is 24.9 Å². The average molecular weight is 1130 g/mol. The van der Waals surface area contributed by atoms with E-state index in [1.807, 2.05) is 73.5 Å². The van der Waals surface area contributed by atoms with E-state index in [0.717, 1.165) is 74.6 Å². The molecule has 8 heterocycles. The van der Waals surface area contributed by atoms with Crippen molar-refractivity contribution in [2.45, 2.75) is 126 Å². The Bertz CT molecular complexity index is 3220. The molecular weight excluding hydrogens is 1060 g/mol. The third kappa shape index (κ3) is 9.91. The summed E-state index contributed by atoms with van der Waals surface area (Å²) < 4.78 is 101. The molecule has 6 aliphatic heterocycles. The van der Waals surface area contributed by atoms with Gasteiger partial charge in [-0.05, 0) is 184 Å². The van der Waals surface area contributed by atoms with Crippen LogP contribution in [0.4, 0.5) is 37.7 Å². The molecule has 432 valence electrons. The molecule has 2 spiro atoms. The number of ether oxygens (including phenoxy) is 2. The number of aromatic nitrogens is 6. The summed E-state index contributed by atoms with van der Waals surface area (Å²) in [6.45, 7) is 9.21. The lowest BCUT2D eigenvalue weighted by molar-refractivity contribution is -0.139. The lowest BCUT2D eigenvalue weighted by Crippen LogP contribution is -2.49. The lowest BCUT2D eigenvalue weighted by Gasteiger charge is -2.42. The number of likely N-dealkylation sites (tertiary alicyclic amines) is 2. The standard InChI is InChI=1S/2C31H34F3N5O2/c2*1-20(38-10-8-29(6-7-29)9-11-38)21-12-24-25(26(13-21)31(32,33)34)16-39(28(24)40)23-5-3-4-22(14-23)30(17-41-18-30)15-27-36-35-19-37(27)2/h2*3-5,12-14,19-20H,6-11,15-18H2,1-2H3/t2*20-/m10/s1. The van der Waals surface area contributed by atoms with Crippen LogP contribution in [0.3, 0.4) is 0 Å². The van der Waals surface area contributed by atoms with E-state index in [9.17, 15) is 35.9 Å². The molecule has 0 bridgehead atoms. The van der Waals surface area contributed by atoms with Crippen molar-refractivity contribution in [3.8, 4) is 0 Å². The largest absolute Gasteiger partial charge is 0.416 e. The summed E-state index contributed by atoms with van der Waals surface area (Å²) in [5.41, 5.74) is 3.53. The fourth-order valence-electron chi connectivity index (χ4n) is 13.8. The second kappa shape index (κ2) is 20.1. The van der Waals surface area contributed by atoms with Gasteiger partial charge in [0.15, 0.2) is 0 Å². The van der Waals surface area contributed by atoms with Crippen LogP contribution in [-0.4, -0.2) is 104 Å². The normalized spacial score (nSPS) is 22.1. The molecule has 0 radical (unpaired) electrons. The number of fused-ring (bicyclic) bond motifs is 2. The van der Waals surface area contributed by atoms with Crippen LogP contribution in [0.2, 0.25) is 0 Å². The molecule has 2 atom stereocenters. The summed E-state index contributed by atoms with van der Waals surface area (Å²) in [5.74, 6) is 0.862. The molecule has 82 heavy (non-hydrogen) atoms. The Balaban J connectivity index is 0.000000154. The summed E-state index contributed by atoms with van der Waals surface area (Å²) in [6, 6.07) is 20.7. The smallest absolute Gasteiger partial charge is 0.379 e. The van der Waals surface area contributed by atoms with E-state index in [-0.39, 0.29) is 70.1 Å². The number of amides is 2. The third-order valence-electron chi connectivity index (χ3n) is 20.1. The average Bonchev–Trinajstić information content (AvgIpc) is 4.33. The first-order chi connectivity index (χ1) is 39.1. The maximum Gasteiger partial charge on any atom is 0.416 e. The van der Waals surface area contributed by atoms with Crippen LogP contribution < -0.4 is 9.80 Å². The topological polar surface area (TPSA) is 127 Å². The molecule has 20 heteroatoms. The first-order valence-corrected chi connectivity index (χ1v) is 28.8. The Kier molecular flexibility index (Phi) is 13.4. The second-order valence-corrected chi connectivity index (χ2v) is 25.1. The monoisotopic (exact) mass is 1130 g/mol. The van der Waals surface area contributed by atoms with Gasteiger partial charge in [-0.25, -0.2) is 0 Å². The number of piperidine rings is 2. The number of halogens is 6. The highest BCUT2D eigenvalue weighted by Gasteiger charge is 2.49. The van der Waals surface area contributed by atoms with Gasteiger partial charge in [0, 0.05) is 72.4 Å². The predicted octanol–water partition coefficient (Wildman–Crippen LogP) is 10.9. The van der Waals surface area contributed by atoms with Crippen molar-refractivity contribution in [1.82, 2.24) is 39.3 Å². The fourth-order valence-corrected chi connectivity index (χ4v) is 13.8. The highest BCUT2D eigenvalue weighted by atomic mass is 19.4. The lowest BCUT2D eigenvalue weighted by atomic mass is 9.75. The highest BCUT2D eigenvalue weighted by Crippen LogP contribution is 2.56. The van der Waals surface area contributed by atoms with Gasteiger partial charge in [0.2, 0.25) is 0 Å². The Morgan fingerprint density at radius 3 is 1.22 bits per heavy atom. The van der Waals surface area contributed by atoms with Crippen molar-refractivity contribution in [1.29, 1.82) is 0 Å². The van der Waals surface area contributed by atoms with Crippen LogP contribution in [0.15, 0.2) is 85.5 Å². The van der Waals surface area contributed by atoms with Gasteiger partial charge in [-0.1, -0.05) is 24.3 Å². The first kappa shape index (κ1) is 54.8. The number of hydrogen-bond donors (Lipinski definition) is 0. The quantitative estimate of drug-likeness (QED) is 0.109. The summed E-state index contributed by atoms with van der Waals surface area (Å²) in [5, 5.41) is 16.4. The molecular formula is C62H68F6N10O4. The minimum atomic E-state index is -4.55. The minimum absolute atomic E-state index is 0.0557. The number of aryl methyl sites for hydroxylation is 2. The number of hydrogen-bond acceptors (Lipinski definition) is 10. The summed E-state index contributed by atoms with van der Waals surface area (Å²) >= 11 is 0. The number of carbonyl (C=O) groups excluding carboxylic acids is 2. The zero-order valence-electron chi connectivity index (χ0n) is 46.8. The highest BCUT2D eigenvalue weighted by molar-refractivity contribution is 6.11. The van der Waals surface area contributed by atoms with Crippen molar-refractivity contribution in [3.05, 3.63) is 153 Å². The van der Waals surface area contributed by atoms with Crippen molar-refractivity contribution in [3.63, 3.8) is 0 Å². The maximum absolute atomic E-state index is 14.4. The Hall–Kier alpha value is -6.48. The van der Waals surface area contributed by atoms with E-state index in [2.05, 4.69) is 30.2 Å². The van der Waals surface area contributed by atoms with Crippen LogP contribution in [0.1, 0.15) is 154 Å². The predicted molar refractivity (Wildman–Crippen MR) is 293 cm³/mol. The SMILES string of the molecule is C[C@@H](c1cc2c(c(C(F)(F)F)c1)CN(c1cccc(C3(Cc4nncn4C)COC3)c1)C2=O)N1CCC2(CC1)CC2.C[C@H](c1cc2c(c(C(F)(F)F)c1)CN(c1cccc(C3(Cc4nncn4C)COC3)c1)C2=O)N1CCC2(CC1)CC2. The van der Waals surface area contributed by atoms with E-state index >= 15 is 0 Å². The molecule has 2 amide bonds. The molecule has 2 aliphatic carbocycles. The summed E-state index contributed by atoms with van der Waals surface area (Å²) in [4.78, 5) is 35.0. The molecule has 0 N–H and O–H groups in total. The molecule has 2 saturated carbocycles. The molecule has 14 rings (SSSR count). The van der Waals surface area contributed by atoms with E-state index in [0.29, 0.717) is 72.6 Å². The van der Waals surface area contributed by atoms with E-state index < -0.39 is 23.5 Å². The molecule has 4 saturated heterocycles. The number of anilines is 2. The molecule has 4 aromatic carbocycles. The Morgan fingerprint density at radius 1 is 0.537 bits per heavy atom. The minimum Gasteiger partial charge on any atom is -0.379 e. The van der Waals surface area contributed by atoms with Crippen LogP contribution in [0, 0.1) is 10.8 Å². The number of carbonyl (C=O) groups is 2. The second-order valence-electron chi connectivity index (χ2n) is 25.1. The van der Waals surface area contributed by atoms with Crippen LogP contribution in [0.25, 0.3) is 0 Å². The van der Waals surface area contributed by atoms with Gasteiger partial charge >= 0.3 is 12.4 Å². The first-order valence-electron chi connectivity index (χ1n) is 28.8. The van der Waals surface area contributed by atoms with Crippen molar-refractivity contribution in [2.75, 3.05) is 62.4 Å². The van der Waals surface area contributed by atoms with E-state index in [1.165, 1.54) is 47.6 Å². The third-order valence-corrected chi connectivity index (χ3v) is 20.1. The summed E-state index contributed by atoms with van der Waals surface area (Å²) in [6.07, 6.45) is 4.89. The number of alkyl halides is 6. The molecule has 6 aromatic rings. The maximum atomic E-state index is 14.4. The van der Waals surface area contributed by atoms with Gasteiger partial charge in [0.05, 0.1) is 50.6 Å². The molecule has 14 nitrogen and oxygen atoms in total. The fraction of sp³-hybridized carbons (Fsp3) is 0.516. The molecule has 8 aliphatic rings. The van der Waals surface area contributed by atoms with Gasteiger partial charge < -0.3 is 28.4 Å². The van der Waals surface area contributed by atoms with Gasteiger partial charge in [-0.2, -0.15) is 26.3 Å². The van der Waals surface area contributed by atoms with E-state index in [1.54, 1.807) is 36.9 Å². The van der Waals surface area contributed by atoms with Crippen molar-refractivity contribution < 1.29 is 45.4 Å². The van der Waals surface area contributed by atoms with Crippen LogP contribution in [0.5, 0.6) is 0 Å². The summed E-state index contributed by atoms with van der Waals surface area (Å²) in [7, 11) is 3.78. The van der Waals surface area contributed by atoms with Crippen molar-refractivity contribution >= 4 is 23.2 Å². The van der Waals surface area contributed by atoms with Gasteiger partial charge in [-0.15, -0.1) is 20.4 Å². The van der Waals surface area contributed by atoms with Crippen LogP contribution in [-0.2, 0) is 72.7 Å². The zero-order chi connectivity index (χ0) is 57.1. The van der Waals surface area contributed by atoms with Crippen LogP contribution >= 0.6 is 0 Å². The van der Waals surface area contributed by atoms with Gasteiger partial charge in [0.1, 0.15) is 24.3 Å². The molecule has 6 fully saturated rings. The zero-order valence-corrected chi connectivity index (χ0v) is 46.8. The Morgan fingerprint density at radius 2 is 0.915 bits per heavy atom. The van der Waals surface area contributed by atoms with Gasteiger partial charge in [0.25, 0.3) is 11.8 Å². The number of benzene rings is 4. The number of rotatable bonds is 12. The Labute approximate surface area is 472 Å². The van der Waals surface area contributed by atoms with Gasteiger partial charge in [-0.3, -0.25) is 19.4 Å². The van der Waals surface area contributed by atoms with E-state index in [4.69, 9.17) is 9.47 Å². The number of nitrogens with zero attached hydrogens (tertiary/aromatic N) is 10. The molecule has 2 aromatic heterocycles. The molecule has 0 unspecified atom stereocenters.